The van der Waals surface area contributed by atoms with Gasteiger partial charge in [0.1, 0.15) is 0 Å². The Hall–Kier alpha value is -0.530. The summed E-state index contributed by atoms with van der Waals surface area (Å²) in [5.74, 6) is 0. The lowest BCUT2D eigenvalue weighted by Gasteiger charge is -2.00. The van der Waals surface area contributed by atoms with Gasteiger partial charge in [0, 0.05) is 6.42 Å². The van der Waals surface area contributed by atoms with Crippen molar-refractivity contribution in [1.29, 1.82) is 0 Å². The first-order valence-electron chi connectivity index (χ1n) is 2.21. The highest BCUT2D eigenvalue weighted by molar-refractivity contribution is 4.49. The van der Waals surface area contributed by atoms with Crippen molar-refractivity contribution >= 4 is 0 Å². The molecule has 0 saturated heterocycles. The molecule has 7 heavy (non-hydrogen) atoms. The second-order valence-electron chi connectivity index (χ2n) is 1.12. The minimum absolute atomic E-state index is 0.381. The van der Waals surface area contributed by atoms with Crippen LogP contribution in [0.15, 0.2) is 12.8 Å². The second kappa shape index (κ2) is 3.65. The zero-order chi connectivity index (χ0) is 5.70. The average Bonchev–Trinajstić information content (AvgIpc) is 1.68. The van der Waals surface area contributed by atoms with E-state index in [1.54, 1.807) is 6.92 Å². The Labute approximate surface area is 42.8 Å². The van der Waals surface area contributed by atoms with Gasteiger partial charge >= 0.3 is 0 Å². The smallest absolute Gasteiger partial charge is 0.237 e. The van der Waals surface area contributed by atoms with Crippen LogP contribution in [0.1, 0.15) is 13.3 Å². The van der Waals surface area contributed by atoms with Gasteiger partial charge in [-0.2, -0.15) is 0 Å². The molecule has 0 aromatic rings. The predicted octanol–water partition coefficient (Wildman–Crippen LogP) is 1.85. The lowest BCUT2D eigenvalue weighted by Crippen LogP contribution is -1.97. The van der Waals surface area contributed by atoms with Crippen molar-refractivity contribution in [3.05, 3.63) is 12.8 Å². The van der Waals surface area contributed by atoms with Crippen LogP contribution in [-0.4, -0.2) is 6.36 Å². The Bertz CT molecular complexity index is 54.0. The van der Waals surface area contributed by atoms with E-state index in [0.717, 1.165) is 6.26 Å². The number of rotatable bonds is 3. The summed E-state index contributed by atoms with van der Waals surface area (Å²) in [6.07, 6.45) is 0.317. The third kappa shape index (κ3) is 3.30. The third-order valence-corrected chi connectivity index (χ3v) is 0.565. The van der Waals surface area contributed by atoms with Gasteiger partial charge in [0.25, 0.3) is 0 Å². The average molecular weight is 104 g/mol. The van der Waals surface area contributed by atoms with E-state index in [-0.39, 0.29) is 0 Å². The van der Waals surface area contributed by atoms with Crippen LogP contribution in [0.3, 0.4) is 0 Å². The fraction of sp³-hybridized carbons (Fsp3) is 0.600. The zero-order valence-corrected chi connectivity index (χ0v) is 4.36. The zero-order valence-electron chi connectivity index (χ0n) is 4.36. The van der Waals surface area contributed by atoms with Crippen molar-refractivity contribution in [2.24, 2.45) is 0 Å². The van der Waals surface area contributed by atoms with Gasteiger partial charge in [-0.05, 0) is 0 Å². The Morgan fingerprint density at radius 3 is 2.71 bits per heavy atom. The third-order valence-electron chi connectivity index (χ3n) is 0.565. The van der Waals surface area contributed by atoms with Crippen molar-refractivity contribution in [3.63, 3.8) is 0 Å². The highest BCUT2D eigenvalue weighted by atomic mass is 19.1. The largest absolute Gasteiger partial charge is 0.469 e. The lowest BCUT2D eigenvalue weighted by atomic mass is 10.5. The van der Waals surface area contributed by atoms with Crippen molar-refractivity contribution < 1.29 is 9.13 Å². The summed E-state index contributed by atoms with van der Waals surface area (Å²) >= 11 is 0. The first-order valence-corrected chi connectivity index (χ1v) is 2.21. The number of ether oxygens (including phenoxy) is 1. The van der Waals surface area contributed by atoms with Gasteiger partial charge in [-0.3, -0.25) is 0 Å². The number of halogens is 1. The second-order valence-corrected chi connectivity index (χ2v) is 1.12. The molecule has 0 radical (unpaired) electrons. The summed E-state index contributed by atoms with van der Waals surface area (Å²) in [7, 11) is 0. The van der Waals surface area contributed by atoms with Crippen LogP contribution in [0.25, 0.3) is 0 Å². The maximum atomic E-state index is 11.8. The topological polar surface area (TPSA) is 9.23 Å². The SMILES string of the molecule is C=COC(F)CC. The van der Waals surface area contributed by atoms with E-state index in [1.165, 1.54) is 0 Å². The molecule has 0 heterocycles. The number of alkyl halides is 1. The van der Waals surface area contributed by atoms with Gasteiger partial charge in [-0.1, -0.05) is 13.5 Å². The van der Waals surface area contributed by atoms with E-state index in [9.17, 15) is 4.39 Å². The summed E-state index contributed by atoms with van der Waals surface area (Å²) in [6.45, 7) is 4.89. The molecule has 0 aliphatic rings. The summed E-state index contributed by atoms with van der Waals surface area (Å²) in [5, 5.41) is 0. The van der Waals surface area contributed by atoms with E-state index in [2.05, 4.69) is 11.3 Å². The molecule has 2 heteroatoms. The highest BCUT2D eigenvalue weighted by Crippen LogP contribution is 1.96. The van der Waals surface area contributed by atoms with Crippen LogP contribution in [0.2, 0.25) is 0 Å². The standard InChI is InChI=1S/C5H9FO/c1-3-5(6)7-4-2/h4-5H,2-3H2,1H3. The summed E-state index contributed by atoms with van der Waals surface area (Å²) in [5.41, 5.74) is 0. The predicted molar refractivity (Wildman–Crippen MR) is 26.5 cm³/mol. The van der Waals surface area contributed by atoms with Crippen LogP contribution in [0.4, 0.5) is 4.39 Å². The fourth-order valence-electron chi connectivity index (χ4n) is 0.201. The van der Waals surface area contributed by atoms with Crippen molar-refractivity contribution in [1.82, 2.24) is 0 Å². The van der Waals surface area contributed by atoms with E-state index >= 15 is 0 Å². The molecular weight excluding hydrogens is 95.1 g/mol. The Kier molecular flexibility index (Phi) is 3.38. The first-order chi connectivity index (χ1) is 3.31. The van der Waals surface area contributed by atoms with Crippen LogP contribution >= 0.6 is 0 Å². The molecule has 0 spiro atoms. The van der Waals surface area contributed by atoms with Crippen molar-refractivity contribution in [2.45, 2.75) is 19.7 Å². The van der Waals surface area contributed by atoms with Crippen LogP contribution in [0, 0.1) is 0 Å². The normalized spacial score (nSPS) is 12.9. The van der Waals surface area contributed by atoms with Crippen LogP contribution in [-0.2, 0) is 4.74 Å². The summed E-state index contributed by atoms with van der Waals surface area (Å²) in [4.78, 5) is 0. The van der Waals surface area contributed by atoms with E-state index in [4.69, 9.17) is 0 Å². The molecule has 1 atom stereocenters. The molecule has 0 saturated carbocycles. The Morgan fingerprint density at radius 2 is 2.57 bits per heavy atom. The minimum Gasteiger partial charge on any atom is -0.469 e. The summed E-state index contributed by atoms with van der Waals surface area (Å²) < 4.78 is 16.1. The molecule has 0 aromatic heterocycles. The molecular formula is C5H9FO. The fourth-order valence-corrected chi connectivity index (χ4v) is 0.201. The molecule has 0 aliphatic heterocycles. The first kappa shape index (κ1) is 6.47. The van der Waals surface area contributed by atoms with Crippen LogP contribution < -0.4 is 0 Å². The van der Waals surface area contributed by atoms with E-state index in [0.29, 0.717) is 6.42 Å². The van der Waals surface area contributed by atoms with Crippen molar-refractivity contribution in [2.75, 3.05) is 0 Å². The number of hydrogen-bond acceptors (Lipinski definition) is 1. The molecule has 0 N–H and O–H groups in total. The molecule has 0 rings (SSSR count). The number of hydrogen-bond donors (Lipinski definition) is 0. The van der Waals surface area contributed by atoms with Gasteiger partial charge in [0.2, 0.25) is 6.36 Å². The quantitative estimate of drug-likeness (QED) is 0.496. The molecule has 0 amide bonds. The summed E-state index contributed by atoms with van der Waals surface area (Å²) in [6, 6.07) is 0. The lowest BCUT2D eigenvalue weighted by molar-refractivity contribution is 0.0227. The molecule has 0 aliphatic carbocycles. The van der Waals surface area contributed by atoms with Gasteiger partial charge in [-0.15, -0.1) is 0 Å². The van der Waals surface area contributed by atoms with Gasteiger partial charge in [-0.25, -0.2) is 4.39 Å². The van der Waals surface area contributed by atoms with Gasteiger partial charge in [0.05, 0.1) is 6.26 Å². The minimum atomic E-state index is -1.17. The van der Waals surface area contributed by atoms with E-state index < -0.39 is 6.36 Å². The molecule has 0 aromatic carbocycles. The van der Waals surface area contributed by atoms with Crippen LogP contribution in [0.5, 0.6) is 0 Å². The Morgan fingerprint density at radius 1 is 2.00 bits per heavy atom. The van der Waals surface area contributed by atoms with Gasteiger partial charge < -0.3 is 4.74 Å². The molecule has 1 unspecified atom stereocenters. The maximum Gasteiger partial charge on any atom is 0.237 e. The Balaban J connectivity index is 2.98. The molecule has 1 nitrogen and oxygen atoms in total. The monoisotopic (exact) mass is 104 g/mol. The molecule has 0 bridgehead atoms. The van der Waals surface area contributed by atoms with Gasteiger partial charge in [0.15, 0.2) is 0 Å². The van der Waals surface area contributed by atoms with E-state index in [1.807, 2.05) is 0 Å². The molecule has 42 valence electrons. The highest BCUT2D eigenvalue weighted by Gasteiger charge is 1.95. The van der Waals surface area contributed by atoms with Crippen molar-refractivity contribution in [3.8, 4) is 0 Å². The molecule has 0 fully saturated rings. The maximum absolute atomic E-state index is 11.8.